The highest BCUT2D eigenvalue weighted by atomic mass is 32.2. The van der Waals surface area contributed by atoms with E-state index in [0.29, 0.717) is 16.3 Å². The molecule has 20 heavy (non-hydrogen) atoms. The first-order valence-electron chi connectivity index (χ1n) is 5.84. The molecule has 0 saturated heterocycles. The van der Waals surface area contributed by atoms with Crippen LogP contribution in [0.15, 0.2) is 53.4 Å². The fourth-order valence-electron chi connectivity index (χ4n) is 1.62. The summed E-state index contributed by atoms with van der Waals surface area (Å²) in [4.78, 5) is 12.2. The van der Waals surface area contributed by atoms with E-state index in [1.807, 2.05) is 0 Å². The Morgan fingerprint density at radius 1 is 1.20 bits per heavy atom. The van der Waals surface area contributed by atoms with Crippen molar-refractivity contribution in [3.8, 4) is 0 Å². The van der Waals surface area contributed by atoms with Crippen LogP contribution in [0.1, 0.15) is 0 Å². The summed E-state index contributed by atoms with van der Waals surface area (Å²) in [5.74, 6) is -1.10. The molecule has 0 heterocycles. The molecule has 0 aliphatic heterocycles. The third-order valence-electron chi connectivity index (χ3n) is 2.49. The number of carbonyl (C=O) groups excluding carboxylic acids is 1. The number of nitrogen functional groups attached to an aromatic ring is 1. The van der Waals surface area contributed by atoms with E-state index in [4.69, 9.17) is 5.73 Å². The Bertz CT molecular complexity index is 661. The molecule has 0 spiro atoms. The van der Waals surface area contributed by atoms with E-state index in [1.165, 1.54) is 18.2 Å². The minimum absolute atomic E-state index is 0.208. The molecule has 104 valence electrons. The lowest BCUT2D eigenvalue weighted by Gasteiger charge is -2.06. The average molecular weight is 292 g/mol. The molecule has 1 atom stereocenters. The predicted molar refractivity (Wildman–Crippen MR) is 77.2 cm³/mol. The number of carbonyl (C=O) groups is 1. The van der Waals surface area contributed by atoms with Crippen molar-refractivity contribution in [1.29, 1.82) is 0 Å². The Kier molecular flexibility index (Phi) is 4.47. The first-order chi connectivity index (χ1) is 9.54. The highest BCUT2D eigenvalue weighted by Crippen LogP contribution is 2.13. The van der Waals surface area contributed by atoms with Crippen LogP contribution in [0.25, 0.3) is 0 Å². The highest BCUT2D eigenvalue weighted by Gasteiger charge is 2.11. The number of nitrogens with two attached hydrogens (primary N) is 1. The second-order valence-corrected chi connectivity index (χ2v) is 5.57. The zero-order chi connectivity index (χ0) is 14.5. The summed E-state index contributed by atoms with van der Waals surface area (Å²) >= 11 is 0. The summed E-state index contributed by atoms with van der Waals surface area (Å²) in [6.45, 7) is 0. The molecule has 1 unspecified atom stereocenters. The van der Waals surface area contributed by atoms with Crippen LogP contribution in [0.3, 0.4) is 0 Å². The Balaban J connectivity index is 1.99. The standard InChI is InChI=1S/C14H13FN2O2S/c15-10-3-1-5-12(7-10)17-14(18)9-20(19)13-6-2-4-11(16)8-13/h1-8H,9,16H2,(H,17,18). The zero-order valence-corrected chi connectivity index (χ0v) is 11.3. The van der Waals surface area contributed by atoms with Crippen LogP contribution in [0.5, 0.6) is 0 Å². The second-order valence-electron chi connectivity index (χ2n) is 4.12. The maximum atomic E-state index is 13.0. The molecule has 0 bridgehead atoms. The van der Waals surface area contributed by atoms with Gasteiger partial charge in [0, 0.05) is 16.3 Å². The summed E-state index contributed by atoms with van der Waals surface area (Å²) in [6, 6.07) is 12.1. The summed E-state index contributed by atoms with van der Waals surface area (Å²) in [5, 5.41) is 2.49. The van der Waals surface area contributed by atoms with E-state index < -0.39 is 22.5 Å². The third kappa shape index (κ3) is 3.89. The Morgan fingerprint density at radius 3 is 2.65 bits per heavy atom. The van der Waals surface area contributed by atoms with Crippen molar-refractivity contribution < 1.29 is 13.4 Å². The summed E-state index contributed by atoms with van der Waals surface area (Å²) in [7, 11) is -1.49. The van der Waals surface area contributed by atoms with Crippen LogP contribution >= 0.6 is 0 Å². The molecule has 0 radical (unpaired) electrons. The Morgan fingerprint density at radius 2 is 1.95 bits per heavy atom. The van der Waals surface area contributed by atoms with Crippen molar-refractivity contribution in [2.24, 2.45) is 0 Å². The lowest BCUT2D eigenvalue weighted by molar-refractivity contribution is -0.113. The zero-order valence-electron chi connectivity index (χ0n) is 10.5. The second kappa shape index (κ2) is 6.29. The van der Waals surface area contributed by atoms with Gasteiger partial charge in [0.25, 0.3) is 0 Å². The molecule has 4 nitrogen and oxygen atoms in total. The van der Waals surface area contributed by atoms with E-state index >= 15 is 0 Å². The van der Waals surface area contributed by atoms with E-state index in [0.717, 1.165) is 0 Å². The number of nitrogens with one attached hydrogen (secondary N) is 1. The van der Waals surface area contributed by atoms with Crippen molar-refractivity contribution in [3.05, 3.63) is 54.3 Å². The molecular formula is C14H13FN2O2S. The molecule has 0 aromatic heterocycles. The number of benzene rings is 2. The Hall–Kier alpha value is -2.21. The quantitative estimate of drug-likeness (QED) is 0.848. The molecule has 6 heteroatoms. The number of halogens is 1. The molecule has 0 fully saturated rings. The number of anilines is 2. The minimum atomic E-state index is -1.49. The van der Waals surface area contributed by atoms with Crippen molar-refractivity contribution >= 4 is 28.1 Å². The van der Waals surface area contributed by atoms with Crippen molar-refractivity contribution in [1.82, 2.24) is 0 Å². The van der Waals surface area contributed by atoms with Gasteiger partial charge < -0.3 is 11.1 Å². The Labute approximate surface area is 118 Å². The van der Waals surface area contributed by atoms with Gasteiger partial charge in [0.2, 0.25) is 5.91 Å². The molecule has 0 aliphatic carbocycles. The van der Waals surface area contributed by atoms with Crippen molar-refractivity contribution in [2.75, 3.05) is 16.8 Å². The SMILES string of the molecule is Nc1cccc(S(=O)CC(=O)Nc2cccc(F)c2)c1. The maximum Gasteiger partial charge on any atom is 0.237 e. The monoisotopic (exact) mass is 292 g/mol. The fraction of sp³-hybridized carbons (Fsp3) is 0.0714. The largest absolute Gasteiger partial charge is 0.399 e. The van der Waals surface area contributed by atoms with Gasteiger partial charge in [-0.25, -0.2) is 4.39 Å². The molecule has 2 aromatic carbocycles. The van der Waals surface area contributed by atoms with Crippen molar-refractivity contribution in [2.45, 2.75) is 4.90 Å². The lowest BCUT2D eigenvalue weighted by atomic mass is 10.3. The highest BCUT2D eigenvalue weighted by molar-refractivity contribution is 7.85. The molecule has 2 rings (SSSR count). The molecular weight excluding hydrogens is 279 g/mol. The number of amides is 1. The normalized spacial score (nSPS) is 11.8. The van der Waals surface area contributed by atoms with Gasteiger partial charge in [-0.2, -0.15) is 0 Å². The first kappa shape index (κ1) is 14.2. The molecule has 0 aliphatic rings. The van der Waals surface area contributed by atoms with Gasteiger partial charge in [0.1, 0.15) is 11.6 Å². The maximum absolute atomic E-state index is 13.0. The minimum Gasteiger partial charge on any atom is -0.399 e. The topological polar surface area (TPSA) is 72.2 Å². The van der Waals surface area contributed by atoms with Crippen LogP contribution in [-0.2, 0) is 15.6 Å². The summed E-state index contributed by atoms with van der Waals surface area (Å²) in [5.41, 5.74) is 6.41. The van der Waals surface area contributed by atoms with E-state index in [-0.39, 0.29) is 5.75 Å². The van der Waals surface area contributed by atoms with Gasteiger partial charge in [0.15, 0.2) is 0 Å². The molecule has 2 aromatic rings. The molecule has 3 N–H and O–H groups in total. The molecule has 0 saturated carbocycles. The van der Waals surface area contributed by atoms with Gasteiger partial charge in [0.05, 0.1) is 10.8 Å². The van der Waals surface area contributed by atoms with Crippen LogP contribution in [-0.4, -0.2) is 15.9 Å². The fourth-order valence-corrected chi connectivity index (χ4v) is 2.60. The van der Waals surface area contributed by atoms with E-state index in [2.05, 4.69) is 5.32 Å². The summed E-state index contributed by atoms with van der Waals surface area (Å²) in [6.07, 6.45) is 0. The van der Waals surface area contributed by atoms with Crippen LogP contribution < -0.4 is 11.1 Å². The van der Waals surface area contributed by atoms with Gasteiger partial charge in [-0.05, 0) is 36.4 Å². The van der Waals surface area contributed by atoms with Crippen LogP contribution in [0.2, 0.25) is 0 Å². The van der Waals surface area contributed by atoms with E-state index in [9.17, 15) is 13.4 Å². The smallest absolute Gasteiger partial charge is 0.237 e. The van der Waals surface area contributed by atoms with Gasteiger partial charge in [-0.3, -0.25) is 9.00 Å². The third-order valence-corrected chi connectivity index (χ3v) is 3.80. The number of hydrogen-bond donors (Lipinski definition) is 2. The van der Waals surface area contributed by atoms with Gasteiger partial charge in [-0.15, -0.1) is 0 Å². The molecule has 1 amide bonds. The van der Waals surface area contributed by atoms with E-state index in [1.54, 1.807) is 30.3 Å². The first-order valence-corrected chi connectivity index (χ1v) is 7.16. The van der Waals surface area contributed by atoms with Crippen LogP contribution in [0.4, 0.5) is 15.8 Å². The summed E-state index contributed by atoms with van der Waals surface area (Å²) < 4.78 is 24.9. The van der Waals surface area contributed by atoms with Gasteiger partial charge >= 0.3 is 0 Å². The number of hydrogen-bond acceptors (Lipinski definition) is 3. The number of rotatable bonds is 4. The van der Waals surface area contributed by atoms with Crippen molar-refractivity contribution in [3.63, 3.8) is 0 Å². The predicted octanol–water partition coefficient (Wildman–Crippen LogP) is 2.15. The average Bonchev–Trinajstić information content (AvgIpc) is 2.38. The van der Waals surface area contributed by atoms with Gasteiger partial charge in [-0.1, -0.05) is 12.1 Å². The lowest BCUT2D eigenvalue weighted by Crippen LogP contribution is -2.19. The van der Waals surface area contributed by atoms with Crippen LogP contribution in [0, 0.1) is 5.82 Å².